The summed E-state index contributed by atoms with van der Waals surface area (Å²) in [4.78, 5) is 0. The fourth-order valence-electron chi connectivity index (χ4n) is 11.0. The standard InChI is InChI=1S/C15H35N3.C13H30N2.C11H24O2.C11H24.C10H24N2.2C10H22O.C8H19NO.C8H19N.C7H16/c1-15(2)9-5-3-6-11-17-12-7-4-8-13-18-14-10-16;1-13(2)9-5-3-7-11-15-12-8-4-6-10-14;1-4-5-7-12-9-10-13-8-6-11(2)3;1-4-5-6-7-8-9-10-11(2)3;1-10(2)6-4-3-5-8-12-9-7-11;1-4-5-8-11-9-6-7-10(2)3;1-4-5-6-8-11-9-7-10(2)3;1-8(2)4-6-10-7-5-9-3;1-8(2)6-4-3-5-7-9;1-4-5-6-7(2)3/h15,17-18H,3-14,16H2,1-2H3;13,15H,3-12,14H2,1-2H3;11H,4-10H2,1-3H3;11H,4-10H2,1-3H3;10,12H,3-9,11H2,1-2H3;2*10H,4-9H2,1-3H3;8-9H,4-7H2,1-3H3;8H,3-7,9H2,1-2H3;7H,4-6H2,1-3H3. The lowest BCUT2D eigenvalue weighted by Crippen LogP contribution is -2.23. The van der Waals surface area contributed by atoms with Gasteiger partial charge >= 0.3 is 0 Å². The first-order valence-corrected chi connectivity index (χ1v) is 51.4. The Hall–Kier alpha value is -0.560. The van der Waals surface area contributed by atoms with E-state index >= 15 is 0 Å². The van der Waals surface area contributed by atoms with Gasteiger partial charge in [-0.3, -0.25) is 0 Å². The number of hydrogen-bond acceptors (Lipinski definition) is 14. The van der Waals surface area contributed by atoms with Crippen LogP contribution in [0.5, 0.6) is 0 Å². The molecule has 14 heteroatoms. The number of rotatable bonds is 77. The average molecular weight is 1680 g/mol. The zero-order valence-corrected chi connectivity index (χ0v) is 86.0. The van der Waals surface area contributed by atoms with E-state index in [0.29, 0.717) is 0 Å². The molecule has 0 heterocycles. The number of unbranched alkanes of at least 4 members (excludes halogenated alkanes) is 22. The van der Waals surface area contributed by atoms with Gasteiger partial charge in [-0.1, -0.05) is 353 Å². The highest BCUT2D eigenvalue weighted by atomic mass is 16.5. The van der Waals surface area contributed by atoms with Crippen LogP contribution in [0, 0.1) is 59.2 Å². The SMILES string of the molecule is CC(C)CCCCCN.CC(C)CCCCCNCCCCCN.CC(C)CCCCCNCCCCCNCCN.CC(C)CCCCCNCCN.CCCCC(C)C.CCCCCCCCC(C)C.CCCCCOCCC(C)C.CCCCOCCCC(C)C.CCCCOCCOCCC(C)C.CNCCOCCC(C)C. The molecule has 0 radical (unpaired) electrons. The van der Waals surface area contributed by atoms with Crippen LogP contribution in [0.4, 0.5) is 0 Å². The van der Waals surface area contributed by atoms with Crippen molar-refractivity contribution < 1.29 is 23.7 Å². The molecule has 0 aromatic rings. The lowest BCUT2D eigenvalue weighted by atomic mass is 10.0. The molecule has 0 aromatic carbocycles. The fourth-order valence-corrected chi connectivity index (χ4v) is 11.0. The van der Waals surface area contributed by atoms with Gasteiger partial charge in [0.25, 0.3) is 0 Å². The highest BCUT2D eigenvalue weighted by Crippen LogP contribution is 2.14. The molecule has 0 unspecified atom stereocenters. The number of nitrogens with two attached hydrogens (primary N) is 4. The molecule has 0 saturated carbocycles. The molecule has 0 rings (SSSR count). The van der Waals surface area contributed by atoms with Crippen LogP contribution in [0.15, 0.2) is 0 Å². The first-order chi connectivity index (χ1) is 56.2. The van der Waals surface area contributed by atoms with Gasteiger partial charge in [0.1, 0.15) is 0 Å². The molecular weight excluding hydrogens is 1440 g/mol. The highest BCUT2D eigenvalue weighted by molar-refractivity contribution is 4.58. The number of nitrogens with one attached hydrogen (secondary N) is 5. The van der Waals surface area contributed by atoms with E-state index in [-0.39, 0.29) is 0 Å². The summed E-state index contributed by atoms with van der Waals surface area (Å²) in [7, 11) is 1.94. The Bertz CT molecular complexity index is 1450. The second kappa shape index (κ2) is 133. The smallest absolute Gasteiger partial charge is 0.0700 e. The zero-order valence-electron chi connectivity index (χ0n) is 86.0. The normalized spacial score (nSPS) is 11.0. The van der Waals surface area contributed by atoms with Crippen molar-refractivity contribution in [2.24, 2.45) is 82.1 Å². The molecule has 0 atom stereocenters. The van der Waals surface area contributed by atoms with Gasteiger partial charge in [-0.2, -0.15) is 0 Å². The van der Waals surface area contributed by atoms with Crippen molar-refractivity contribution in [3.05, 3.63) is 0 Å². The van der Waals surface area contributed by atoms with E-state index in [1.807, 2.05) is 7.05 Å². The van der Waals surface area contributed by atoms with E-state index in [2.05, 4.69) is 200 Å². The van der Waals surface area contributed by atoms with Crippen molar-refractivity contribution in [3.8, 4) is 0 Å². The summed E-state index contributed by atoms with van der Waals surface area (Å²) in [6.07, 6.45) is 58.1. The molecule has 14 nitrogen and oxygen atoms in total. The molecule has 0 aliphatic carbocycles. The minimum absolute atomic E-state index is 0.737. The summed E-state index contributed by atoms with van der Waals surface area (Å²) in [6, 6.07) is 0. The zero-order chi connectivity index (χ0) is 90.2. The van der Waals surface area contributed by atoms with Crippen LogP contribution in [0.1, 0.15) is 456 Å². The molecule has 0 saturated heterocycles. The Balaban J connectivity index is -0.000000137. The molecule has 0 fully saturated rings. The Morgan fingerprint density at radius 2 is 0.385 bits per heavy atom. The van der Waals surface area contributed by atoms with E-state index in [0.717, 1.165) is 197 Å². The van der Waals surface area contributed by atoms with E-state index in [1.54, 1.807) is 0 Å². The second-order valence-corrected chi connectivity index (χ2v) is 37.4. The van der Waals surface area contributed by atoms with Crippen LogP contribution in [0.2, 0.25) is 0 Å². The largest absolute Gasteiger partial charge is 0.381 e. The summed E-state index contributed by atoms with van der Waals surface area (Å²) < 4.78 is 26.9. The molecular formula is C103H235N9O5. The lowest BCUT2D eigenvalue weighted by Gasteiger charge is -2.06. The summed E-state index contributed by atoms with van der Waals surface area (Å²) in [5, 5.41) is 16.7. The van der Waals surface area contributed by atoms with Gasteiger partial charge in [-0.05, 0) is 221 Å². The van der Waals surface area contributed by atoms with Gasteiger partial charge in [0.05, 0.1) is 19.8 Å². The molecule has 13 N–H and O–H groups in total. The summed E-state index contributed by atoms with van der Waals surface area (Å²) in [5.74, 6) is 8.37. The van der Waals surface area contributed by atoms with Gasteiger partial charge in [0.15, 0.2) is 0 Å². The van der Waals surface area contributed by atoms with E-state index < -0.39 is 0 Å². The Morgan fingerprint density at radius 3 is 0.684 bits per heavy atom. The first kappa shape index (κ1) is 137. The van der Waals surface area contributed by atoms with Crippen molar-refractivity contribution in [1.82, 2.24) is 26.6 Å². The maximum Gasteiger partial charge on any atom is 0.0700 e. The van der Waals surface area contributed by atoms with Gasteiger partial charge in [-0.25, -0.2) is 0 Å². The van der Waals surface area contributed by atoms with Crippen molar-refractivity contribution >= 4 is 0 Å². The van der Waals surface area contributed by atoms with Crippen LogP contribution in [-0.4, -0.2) is 158 Å². The third-order valence-electron chi connectivity index (χ3n) is 19.2. The number of ether oxygens (including phenoxy) is 5. The van der Waals surface area contributed by atoms with E-state index in [4.69, 9.17) is 46.6 Å². The molecule has 117 heavy (non-hydrogen) atoms. The average Bonchev–Trinajstić information content (AvgIpc) is 1.48. The molecule has 722 valence electrons. The van der Waals surface area contributed by atoms with Crippen LogP contribution in [-0.2, 0) is 23.7 Å². The molecule has 0 aliphatic rings. The van der Waals surface area contributed by atoms with Crippen molar-refractivity contribution in [3.63, 3.8) is 0 Å². The Labute approximate surface area is 742 Å². The topological polar surface area (TPSA) is 210 Å². The quantitative estimate of drug-likeness (QED) is 0.0260. The first-order valence-electron chi connectivity index (χ1n) is 51.4. The maximum atomic E-state index is 5.45. The maximum absolute atomic E-state index is 5.45. The van der Waals surface area contributed by atoms with Crippen LogP contribution >= 0.6 is 0 Å². The summed E-state index contributed by atoms with van der Waals surface area (Å²) in [5.41, 5.74) is 21.5. The molecule has 0 bridgehead atoms. The Kier molecular flexibility index (Phi) is 156. The third-order valence-corrected chi connectivity index (χ3v) is 19.2. The third kappa shape index (κ3) is 199. The monoisotopic (exact) mass is 1680 g/mol. The molecule has 0 spiro atoms. The van der Waals surface area contributed by atoms with Gasteiger partial charge in [0.2, 0.25) is 0 Å². The molecule has 0 aromatic heterocycles. The minimum atomic E-state index is 0.737. The molecule has 0 aliphatic heterocycles. The van der Waals surface area contributed by atoms with Crippen LogP contribution in [0.25, 0.3) is 0 Å². The van der Waals surface area contributed by atoms with Gasteiger partial charge < -0.3 is 73.2 Å². The molecule has 0 amide bonds. The van der Waals surface area contributed by atoms with Crippen LogP contribution < -0.4 is 49.5 Å². The highest BCUT2D eigenvalue weighted by Gasteiger charge is 2.02. The number of hydrogen-bond donors (Lipinski definition) is 9. The van der Waals surface area contributed by atoms with Crippen molar-refractivity contribution in [2.75, 3.05) is 158 Å². The minimum Gasteiger partial charge on any atom is -0.381 e. The second-order valence-electron chi connectivity index (χ2n) is 37.4. The van der Waals surface area contributed by atoms with Crippen molar-refractivity contribution in [1.29, 1.82) is 0 Å². The van der Waals surface area contributed by atoms with E-state index in [9.17, 15) is 0 Å². The summed E-state index contributed by atoms with van der Waals surface area (Å²) in [6.45, 7) is 78.3. The van der Waals surface area contributed by atoms with Gasteiger partial charge in [0, 0.05) is 79.0 Å². The van der Waals surface area contributed by atoms with E-state index in [1.165, 1.54) is 296 Å². The number of likely N-dealkylation sites (N-methyl/N-ethyl adjacent to an activating group) is 1. The predicted octanol–water partition coefficient (Wildman–Crippen LogP) is 27.2. The fraction of sp³-hybridized carbons (Fsp3) is 1.00. The predicted molar refractivity (Wildman–Crippen MR) is 536 cm³/mol. The Morgan fingerprint density at radius 1 is 0.171 bits per heavy atom. The van der Waals surface area contributed by atoms with Gasteiger partial charge in [-0.15, -0.1) is 0 Å². The van der Waals surface area contributed by atoms with Crippen LogP contribution in [0.3, 0.4) is 0 Å². The lowest BCUT2D eigenvalue weighted by molar-refractivity contribution is 0.0430. The van der Waals surface area contributed by atoms with Crippen molar-refractivity contribution in [2.45, 2.75) is 456 Å². The summed E-state index contributed by atoms with van der Waals surface area (Å²) >= 11 is 0.